The second-order valence-electron chi connectivity index (χ2n) is 11.4. The second kappa shape index (κ2) is 13.4. The molecule has 4 N–H and O–H groups in total. The van der Waals surface area contributed by atoms with Gasteiger partial charge in [-0.2, -0.15) is 0 Å². The van der Waals surface area contributed by atoms with Crippen molar-refractivity contribution in [2.75, 3.05) is 31.6 Å². The molecule has 2 amide bonds. The van der Waals surface area contributed by atoms with Crippen LogP contribution in [0.1, 0.15) is 81.0 Å². The van der Waals surface area contributed by atoms with Crippen LogP contribution in [0.15, 0.2) is 54.6 Å². The van der Waals surface area contributed by atoms with E-state index in [-0.39, 0.29) is 42.5 Å². The molecule has 5 rings (SSSR count). The lowest BCUT2D eigenvalue weighted by molar-refractivity contribution is -0.139. The third-order valence-electron chi connectivity index (χ3n) is 8.88. The molecule has 1 saturated heterocycles. The topological polar surface area (TPSA) is 93.7 Å². The highest BCUT2D eigenvalue weighted by molar-refractivity contribution is 5.83. The fourth-order valence-corrected chi connectivity index (χ4v) is 6.97. The van der Waals surface area contributed by atoms with E-state index in [1.54, 1.807) is 0 Å². The van der Waals surface area contributed by atoms with Crippen LogP contribution < -0.4 is 16.0 Å². The molecule has 1 aliphatic carbocycles. The number of likely N-dealkylation sites (tertiary alicyclic amines) is 1. The number of hydrogen-bond acceptors (Lipinski definition) is 5. The molecule has 0 bridgehead atoms. The first-order chi connectivity index (χ1) is 19.2. The van der Waals surface area contributed by atoms with Gasteiger partial charge in [0.05, 0.1) is 24.6 Å². The summed E-state index contributed by atoms with van der Waals surface area (Å²) in [6, 6.07) is 19.2. The van der Waals surface area contributed by atoms with Crippen LogP contribution in [0.4, 0.5) is 5.69 Å². The molecule has 0 aromatic heterocycles. The van der Waals surface area contributed by atoms with Crippen molar-refractivity contribution >= 4 is 17.5 Å². The fourth-order valence-electron chi connectivity index (χ4n) is 6.97. The Morgan fingerprint density at radius 3 is 2.56 bits per heavy atom. The Hall–Kier alpha value is -2.90. The van der Waals surface area contributed by atoms with Gasteiger partial charge in [-0.3, -0.25) is 9.59 Å². The molecule has 0 spiro atoms. The minimum Gasteiger partial charge on any atom is -0.395 e. The Bertz CT molecular complexity index is 1090. The molecule has 0 unspecified atom stereocenters. The number of benzene rings is 2. The minimum absolute atomic E-state index is 0.0536. The van der Waals surface area contributed by atoms with Crippen molar-refractivity contribution in [2.45, 2.75) is 75.9 Å². The first kappa shape index (κ1) is 27.7. The average Bonchev–Trinajstić information content (AvgIpc) is 3.42. The van der Waals surface area contributed by atoms with Crippen molar-refractivity contribution in [1.82, 2.24) is 15.5 Å². The van der Waals surface area contributed by atoms with Gasteiger partial charge in [0.2, 0.25) is 11.8 Å². The predicted molar refractivity (Wildman–Crippen MR) is 154 cm³/mol. The Balaban J connectivity index is 1.25. The summed E-state index contributed by atoms with van der Waals surface area (Å²) in [7, 11) is 0. The molecule has 3 aliphatic rings. The summed E-state index contributed by atoms with van der Waals surface area (Å²) < 4.78 is 0. The van der Waals surface area contributed by atoms with Crippen molar-refractivity contribution in [3.8, 4) is 0 Å². The molecule has 39 heavy (non-hydrogen) atoms. The Kier molecular flexibility index (Phi) is 9.53. The van der Waals surface area contributed by atoms with Crippen LogP contribution in [0.3, 0.4) is 0 Å². The number of carbonyl (C=O) groups excluding carboxylic acids is 2. The third-order valence-corrected chi connectivity index (χ3v) is 8.88. The molecule has 210 valence electrons. The fraction of sp³-hybridized carbons (Fsp3) is 0.562. The standard InChI is InChI=1S/C32H44N4O3/c37-22-20-33-19-10-2-5-17-29(38)34-28-16-9-7-14-25(28)32(39)36-21-18-26-30(23-11-3-1-4-12-23)35-27-15-8-6-13-24(27)31(26)36/h1,3-4,6,8,11-13,15,25-26,28,30-31,33,35,37H,2,5,7,9-10,14,16-22H2,(H,34,38)/t25-,26+,28+,30-,31-/m0/s1. The molecular formula is C32H44N4O3. The monoisotopic (exact) mass is 532 g/mol. The number of hydrogen-bond donors (Lipinski definition) is 4. The molecule has 7 heteroatoms. The summed E-state index contributed by atoms with van der Waals surface area (Å²) in [5.74, 6) is 0.445. The third kappa shape index (κ3) is 6.47. The number of aliphatic hydroxyl groups is 1. The van der Waals surface area contributed by atoms with E-state index >= 15 is 0 Å². The number of aliphatic hydroxyl groups excluding tert-OH is 1. The number of carbonyl (C=O) groups is 2. The van der Waals surface area contributed by atoms with Crippen LogP contribution in [-0.4, -0.2) is 54.1 Å². The molecule has 2 aliphatic heterocycles. The maximum atomic E-state index is 14.2. The largest absolute Gasteiger partial charge is 0.395 e. The van der Waals surface area contributed by atoms with E-state index in [9.17, 15) is 9.59 Å². The number of fused-ring (bicyclic) bond motifs is 3. The van der Waals surface area contributed by atoms with Gasteiger partial charge in [-0.05, 0) is 55.8 Å². The zero-order valence-electron chi connectivity index (χ0n) is 23.0. The first-order valence-electron chi connectivity index (χ1n) is 15.0. The van der Waals surface area contributed by atoms with Gasteiger partial charge in [0.15, 0.2) is 0 Å². The lowest BCUT2D eigenvalue weighted by Crippen LogP contribution is -2.50. The van der Waals surface area contributed by atoms with E-state index in [0.29, 0.717) is 18.9 Å². The molecule has 5 atom stereocenters. The summed E-state index contributed by atoms with van der Waals surface area (Å²) in [5, 5.41) is 19.1. The maximum Gasteiger partial charge on any atom is 0.228 e. The number of anilines is 1. The van der Waals surface area contributed by atoms with Crippen LogP contribution in [-0.2, 0) is 9.59 Å². The molecule has 2 aromatic carbocycles. The first-order valence-corrected chi connectivity index (χ1v) is 15.0. The predicted octanol–water partition coefficient (Wildman–Crippen LogP) is 4.56. The molecule has 2 heterocycles. The van der Waals surface area contributed by atoms with Gasteiger partial charge in [0.25, 0.3) is 0 Å². The molecule has 2 aromatic rings. The van der Waals surface area contributed by atoms with E-state index in [1.807, 2.05) is 0 Å². The molecule has 0 radical (unpaired) electrons. The van der Waals surface area contributed by atoms with E-state index in [1.165, 1.54) is 11.1 Å². The number of para-hydroxylation sites is 1. The van der Waals surface area contributed by atoms with Gasteiger partial charge in [-0.1, -0.05) is 67.8 Å². The number of amides is 2. The van der Waals surface area contributed by atoms with Crippen molar-refractivity contribution in [1.29, 1.82) is 0 Å². The maximum absolute atomic E-state index is 14.2. The Morgan fingerprint density at radius 1 is 0.923 bits per heavy atom. The second-order valence-corrected chi connectivity index (χ2v) is 11.4. The van der Waals surface area contributed by atoms with Gasteiger partial charge < -0.3 is 26.0 Å². The summed E-state index contributed by atoms with van der Waals surface area (Å²) in [6.45, 7) is 2.39. The van der Waals surface area contributed by atoms with Crippen molar-refractivity contribution in [2.24, 2.45) is 11.8 Å². The highest BCUT2D eigenvalue weighted by Gasteiger charge is 2.48. The number of nitrogens with one attached hydrogen (secondary N) is 3. The highest BCUT2D eigenvalue weighted by Crippen LogP contribution is 2.51. The van der Waals surface area contributed by atoms with Crippen LogP contribution in [0, 0.1) is 11.8 Å². The zero-order chi connectivity index (χ0) is 27.0. The lowest BCUT2D eigenvalue weighted by atomic mass is 9.79. The number of nitrogens with zero attached hydrogens (tertiary/aromatic N) is 1. The van der Waals surface area contributed by atoms with E-state index < -0.39 is 0 Å². The summed E-state index contributed by atoms with van der Waals surface area (Å²) in [4.78, 5) is 29.2. The normalized spacial score (nSPS) is 25.9. The van der Waals surface area contributed by atoms with Gasteiger partial charge in [0, 0.05) is 37.2 Å². The lowest BCUT2D eigenvalue weighted by Gasteiger charge is -2.42. The van der Waals surface area contributed by atoms with Crippen LogP contribution in [0.5, 0.6) is 0 Å². The quantitative estimate of drug-likeness (QED) is 0.319. The van der Waals surface area contributed by atoms with Gasteiger partial charge in [-0.15, -0.1) is 0 Å². The van der Waals surface area contributed by atoms with Crippen LogP contribution in [0.25, 0.3) is 0 Å². The summed E-state index contributed by atoms with van der Waals surface area (Å²) in [6.07, 6.45) is 8.10. The molecule has 2 fully saturated rings. The average molecular weight is 533 g/mol. The van der Waals surface area contributed by atoms with Crippen LogP contribution in [0.2, 0.25) is 0 Å². The smallest absolute Gasteiger partial charge is 0.228 e. The highest BCUT2D eigenvalue weighted by atomic mass is 16.3. The van der Waals surface area contributed by atoms with Crippen molar-refractivity contribution < 1.29 is 14.7 Å². The molecule has 7 nitrogen and oxygen atoms in total. The minimum atomic E-state index is -0.152. The van der Waals surface area contributed by atoms with Crippen molar-refractivity contribution in [3.05, 3.63) is 65.7 Å². The van der Waals surface area contributed by atoms with Gasteiger partial charge >= 0.3 is 0 Å². The molecular weight excluding hydrogens is 488 g/mol. The summed E-state index contributed by atoms with van der Waals surface area (Å²) in [5.41, 5.74) is 3.60. The molecule has 1 saturated carbocycles. The van der Waals surface area contributed by atoms with Gasteiger partial charge in [0.1, 0.15) is 0 Å². The van der Waals surface area contributed by atoms with Crippen LogP contribution >= 0.6 is 0 Å². The Morgan fingerprint density at radius 2 is 1.72 bits per heavy atom. The zero-order valence-corrected chi connectivity index (χ0v) is 23.0. The number of unbranched alkanes of at least 4 members (excludes halogenated alkanes) is 2. The number of rotatable bonds is 11. The van der Waals surface area contributed by atoms with E-state index in [0.717, 1.165) is 70.1 Å². The Labute approximate surface area is 232 Å². The van der Waals surface area contributed by atoms with E-state index in [4.69, 9.17) is 5.11 Å². The van der Waals surface area contributed by atoms with Crippen molar-refractivity contribution in [3.63, 3.8) is 0 Å². The SMILES string of the molecule is O=C(CCCCCNCCO)N[C@@H]1CCCC[C@@H]1C(=O)N1CC[C@@H]2[C@H](c3ccccc3)Nc3ccccc3[C@@H]21. The van der Waals surface area contributed by atoms with Gasteiger partial charge in [-0.25, -0.2) is 0 Å². The summed E-state index contributed by atoms with van der Waals surface area (Å²) >= 11 is 0. The van der Waals surface area contributed by atoms with E-state index in [2.05, 4.69) is 75.4 Å².